The second kappa shape index (κ2) is 11.7. The molecule has 5 aromatic rings. The van der Waals surface area contributed by atoms with Gasteiger partial charge in [0.05, 0.1) is 53.2 Å². The number of rotatable bonds is 4. The van der Waals surface area contributed by atoms with Gasteiger partial charge in [0.15, 0.2) is 5.15 Å². The molecule has 1 unspecified atom stereocenters. The van der Waals surface area contributed by atoms with Crippen molar-refractivity contribution in [2.45, 2.75) is 39.2 Å². The topological polar surface area (TPSA) is 125 Å². The Bertz CT molecular complexity index is 1880. The molecule has 4 aromatic heterocycles. The van der Waals surface area contributed by atoms with Gasteiger partial charge in [-0.25, -0.2) is 9.67 Å². The average molecular weight is 619 g/mol. The number of nitrogens with zero attached hydrogens (tertiary/aromatic N) is 8. The van der Waals surface area contributed by atoms with Crippen LogP contribution in [0.3, 0.4) is 0 Å². The summed E-state index contributed by atoms with van der Waals surface area (Å²) in [6.45, 7) is 4.10. The molecule has 220 valence electrons. The van der Waals surface area contributed by atoms with Crippen molar-refractivity contribution in [3.63, 3.8) is 0 Å². The third-order valence-electron chi connectivity index (χ3n) is 7.85. The van der Waals surface area contributed by atoms with E-state index in [9.17, 15) is 9.59 Å². The summed E-state index contributed by atoms with van der Waals surface area (Å²) in [6, 6.07) is 10.1. The number of benzene rings is 1. The summed E-state index contributed by atoms with van der Waals surface area (Å²) in [5, 5.41) is 16.1. The minimum atomic E-state index is -0.408. The first-order valence-electron chi connectivity index (χ1n) is 13.9. The maximum atomic E-state index is 13.8. The molecule has 0 fully saturated rings. The molecule has 1 aromatic carbocycles. The molecule has 2 atom stereocenters. The molecule has 13 heteroatoms. The Labute approximate surface area is 257 Å². The van der Waals surface area contributed by atoms with Crippen LogP contribution in [0.15, 0.2) is 66.1 Å². The monoisotopic (exact) mass is 617 g/mol. The quantitative estimate of drug-likeness (QED) is 0.279. The van der Waals surface area contributed by atoms with Crippen molar-refractivity contribution in [1.29, 1.82) is 0 Å². The first kappa shape index (κ1) is 28.8. The highest BCUT2D eigenvalue weighted by Crippen LogP contribution is 2.34. The van der Waals surface area contributed by atoms with Crippen molar-refractivity contribution >= 4 is 34.8 Å². The lowest BCUT2D eigenvalue weighted by atomic mass is 9.88. The maximum absolute atomic E-state index is 13.8. The molecule has 1 aliphatic rings. The SMILES string of the molecule is CC(C)C1CCC[C@H](n2cnc(-c3cc(Cl)ccc3-n3cc(Cl)nn3)cc2=O)c2cc(ccn2)-c2c(cnn2C)NC1=O. The normalized spacial score (nSPS) is 17.2. The predicted molar refractivity (Wildman–Crippen MR) is 164 cm³/mol. The summed E-state index contributed by atoms with van der Waals surface area (Å²) in [5.74, 6) is -0.110. The lowest BCUT2D eigenvalue weighted by Crippen LogP contribution is -2.29. The third-order valence-corrected chi connectivity index (χ3v) is 8.25. The number of aromatic nitrogens is 8. The number of pyridine rings is 1. The molecule has 0 aliphatic carbocycles. The number of hydrogen-bond acceptors (Lipinski definition) is 7. The number of aryl methyl sites for hydroxylation is 1. The van der Waals surface area contributed by atoms with Crippen molar-refractivity contribution in [3.05, 3.63) is 87.5 Å². The summed E-state index contributed by atoms with van der Waals surface area (Å²) >= 11 is 12.3. The van der Waals surface area contributed by atoms with Gasteiger partial charge in [0, 0.05) is 41.4 Å². The van der Waals surface area contributed by atoms with Crippen LogP contribution in [0.25, 0.3) is 28.2 Å². The van der Waals surface area contributed by atoms with E-state index in [1.165, 1.54) is 10.7 Å². The van der Waals surface area contributed by atoms with Crippen LogP contribution in [-0.2, 0) is 11.8 Å². The van der Waals surface area contributed by atoms with E-state index in [2.05, 4.69) is 30.7 Å². The van der Waals surface area contributed by atoms with E-state index in [0.29, 0.717) is 46.9 Å². The van der Waals surface area contributed by atoms with Crippen LogP contribution in [0.2, 0.25) is 10.2 Å². The van der Waals surface area contributed by atoms with Crippen LogP contribution in [0, 0.1) is 11.8 Å². The van der Waals surface area contributed by atoms with Crippen LogP contribution in [0.4, 0.5) is 5.69 Å². The van der Waals surface area contributed by atoms with Gasteiger partial charge in [-0.3, -0.25) is 23.8 Å². The number of fused-ring (bicyclic) bond motifs is 4. The number of carbonyl (C=O) groups is 1. The van der Waals surface area contributed by atoms with Crippen molar-refractivity contribution in [2.75, 3.05) is 5.32 Å². The Kier molecular flexibility index (Phi) is 7.85. The van der Waals surface area contributed by atoms with E-state index in [4.69, 9.17) is 23.2 Å². The molecule has 0 saturated heterocycles. The Balaban J connectivity index is 1.44. The van der Waals surface area contributed by atoms with Gasteiger partial charge in [-0.05, 0) is 49.1 Å². The highest BCUT2D eigenvalue weighted by Gasteiger charge is 2.27. The van der Waals surface area contributed by atoms with E-state index < -0.39 is 6.04 Å². The van der Waals surface area contributed by atoms with E-state index in [1.807, 2.05) is 33.0 Å². The second-order valence-corrected chi connectivity index (χ2v) is 11.8. The fraction of sp³-hybridized carbons (Fsp3) is 0.300. The Hall–Kier alpha value is -4.35. The zero-order chi connectivity index (χ0) is 30.2. The van der Waals surface area contributed by atoms with E-state index >= 15 is 0 Å². The summed E-state index contributed by atoms with van der Waals surface area (Å²) in [6.07, 6.45) is 8.44. The Morgan fingerprint density at radius 2 is 1.88 bits per heavy atom. The highest BCUT2D eigenvalue weighted by molar-refractivity contribution is 6.31. The second-order valence-electron chi connectivity index (χ2n) is 11.0. The number of amides is 1. The molecular weight excluding hydrogens is 589 g/mol. The molecule has 11 nitrogen and oxygen atoms in total. The fourth-order valence-corrected chi connectivity index (χ4v) is 5.97. The number of nitrogens with one attached hydrogen (secondary N) is 1. The Morgan fingerprint density at radius 3 is 2.63 bits per heavy atom. The lowest BCUT2D eigenvalue weighted by molar-refractivity contribution is -0.121. The molecule has 0 saturated carbocycles. The van der Waals surface area contributed by atoms with Crippen LogP contribution >= 0.6 is 23.2 Å². The molecule has 6 rings (SSSR count). The minimum absolute atomic E-state index is 0.0372. The van der Waals surface area contributed by atoms with Gasteiger partial charge >= 0.3 is 0 Å². The summed E-state index contributed by atoms with van der Waals surface area (Å²) in [4.78, 5) is 36.5. The summed E-state index contributed by atoms with van der Waals surface area (Å²) in [5.41, 5.74) is 4.36. The molecule has 0 radical (unpaired) electrons. The van der Waals surface area contributed by atoms with Gasteiger partial charge in [-0.2, -0.15) is 5.10 Å². The maximum Gasteiger partial charge on any atom is 0.254 e. The smallest absolute Gasteiger partial charge is 0.254 e. The predicted octanol–water partition coefficient (Wildman–Crippen LogP) is 5.58. The van der Waals surface area contributed by atoms with Crippen LogP contribution in [0.1, 0.15) is 44.8 Å². The third kappa shape index (κ3) is 5.70. The molecular formula is C30H29Cl2N9O2. The van der Waals surface area contributed by atoms with E-state index in [1.54, 1.807) is 52.4 Å². The van der Waals surface area contributed by atoms with Crippen LogP contribution in [0.5, 0.6) is 0 Å². The van der Waals surface area contributed by atoms with Crippen molar-refractivity contribution in [1.82, 2.24) is 39.3 Å². The number of carbonyl (C=O) groups excluding carboxylic acids is 1. The minimum Gasteiger partial charge on any atom is -0.323 e. The largest absolute Gasteiger partial charge is 0.323 e. The highest BCUT2D eigenvalue weighted by atomic mass is 35.5. The molecule has 2 bridgehead atoms. The van der Waals surface area contributed by atoms with Crippen LogP contribution in [-0.4, -0.2) is 45.2 Å². The fourth-order valence-electron chi connectivity index (χ4n) is 5.67. The van der Waals surface area contributed by atoms with Crippen molar-refractivity contribution < 1.29 is 4.79 Å². The number of hydrogen-bond donors (Lipinski definition) is 1. The summed E-state index contributed by atoms with van der Waals surface area (Å²) in [7, 11) is 1.83. The standard InChI is InChI=1S/C30H29Cl2N9O2/c1-17(2)20-5-4-6-26(23-11-18(9-10-33-23)29-24(36-30(20)43)14-35-39(29)3)40-16-34-22(13-28(40)42)21-12-19(31)7-8-25(21)41-15-27(32)37-38-41/h7-17,20,26H,4-6H2,1-3H3,(H,36,43)/t20?,26-/m0/s1. The van der Waals surface area contributed by atoms with E-state index in [-0.39, 0.29) is 28.5 Å². The number of anilines is 1. The van der Waals surface area contributed by atoms with Gasteiger partial charge < -0.3 is 5.32 Å². The van der Waals surface area contributed by atoms with Gasteiger partial charge in [0.25, 0.3) is 5.56 Å². The average Bonchev–Trinajstić information content (AvgIpc) is 3.57. The molecule has 1 aliphatic heterocycles. The molecule has 0 spiro atoms. The van der Waals surface area contributed by atoms with Gasteiger partial charge in [0.2, 0.25) is 5.91 Å². The zero-order valence-electron chi connectivity index (χ0n) is 23.8. The molecule has 1 N–H and O–H groups in total. The van der Waals surface area contributed by atoms with E-state index in [0.717, 1.165) is 17.0 Å². The first-order valence-corrected chi connectivity index (χ1v) is 14.7. The summed E-state index contributed by atoms with van der Waals surface area (Å²) < 4.78 is 4.84. The van der Waals surface area contributed by atoms with Gasteiger partial charge in [-0.1, -0.05) is 48.7 Å². The van der Waals surface area contributed by atoms with Crippen LogP contribution < -0.4 is 10.9 Å². The molecule has 5 heterocycles. The van der Waals surface area contributed by atoms with Gasteiger partial charge in [0.1, 0.15) is 0 Å². The lowest BCUT2D eigenvalue weighted by Gasteiger charge is -2.24. The molecule has 43 heavy (non-hydrogen) atoms. The Morgan fingerprint density at radius 1 is 1.05 bits per heavy atom. The van der Waals surface area contributed by atoms with Gasteiger partial charge in [-0.15, -0.1) is 5.10 Å². The first-order chi connectivity index (χ1) is 20.7. The van der Waals surface area contributed by atoms with Crippen molar-refractivity contribution in [2.24, 2.45) is 18.9 Å². The molecule has 1 amide bonds. The zero-order valence-corrected chi connectivity index (χ0v) is 25.3. The van der Waals surface area contributed by atoms with Crippen molar-refractivity contribution in [3.8, 4) is 28.2 Å². The number of halogens is 2.